The van der Waals surface area contributed by atoms with Crippen molar-refractivity contribution < 1.29 is 15.0 Å². The minimum Gasteiger partial charge on any atom is -0.481 e. The van der Waals surface area contributed by atoms with Gasteiger partial charge in [-0.25, -0.2) is 0 Å². The van der Waals surface area contributed by atoms with Crippen molar-refractivity contribution in [3.63, 3.8) is 0 Å². The molecule has 0 aromatic heterocycles. The molecule has 150 valence electrons. The zero-order chi connectivity index (χ0) is 19.4. The van der Waals surface area contributed by atoms with Crippen molar-refractivity contribution in [1.82, 2.24) is 0 Å². The summed E-state index contributed by atoms with van der Waals surface area (Å²) in [6, 6.07) is 0. The Hall–Kier alpha value is -1.09. The van der Waals surface area contributed by atoms with Crippen LogP contribution >= 0.6 is 0 Å². The van der Waals surface area contributed by atoms with Crippen LogP contribution in [0, 0.1) is 28.6 Å². The van der Waals surface area contributed by atoms with Crippen LogP contribution in [-0.4, -0.2) is 22.3 Å². The molecule has 0 radical (unpaired) electrons. The summed E-state index contributed by atoms with van der Waals surface area (Å²) in [5.41, 5.74) is 5.51. The van der Waals surface area contributed by atoms with E-state index in [4.69, 9.17) is 5.11 Å². The molecule has 0 amide bonds. The highest BCUT2D eigenvalue weighted by molar-refractivity contribution is 5.66. The van der Waals surface area contributed by atoms with Crippen LogP contribution in [0.2, 0.25) is 0 Å². The van der Waals surface area contributed by atoms with Crippen LogP contribution in [0.5, 0.6) is 0 Å². The molecule has 4 aliphatic rings. The van der Waals surface area contributed by atoms with Crippen molar-refractivity contribution in [2.24, 2.45) is 28.6 Å². The first-order valence-corrected chi connectivity index (χ1v) is 11.1. The SMILES string of the molecule is C[C@H](CCC(=O)O)[C@H]1CC=C2C3=C(CC[C@@]21C)[C@@]1(C)CC[C@@H](O)C[C@H]1CC3. The molecular weight excluding hydrogens is 336 g/mol. The number of fused-ring (bicyclic) bond motifs is 4. The fraction of sp³-hybridized carbons (Fsp3) is 0.792. The van der Waals surface area contributed by atoms with Gasteiger partial charge in [0.1, 0.15) is 0 Å². The number of aliphatic hydroxyl groups is 1. The smallest absolute Gasteiger partial charge is 0.303 e. The number of aliphatic carboxylic acids is 1. The molecular formula is C24H36O3. The Morgan fingerprint density at radius 2 is 2.00 bits per heavy atom. The number of allylic oxidation sites excluding steroid dienone is 4. The zero-order valence-electron chi connectivity index (χ0n) is 17.3. The second-order valence-electron chi connectivity index (χ2n) is 10.3. The Morgan fingerprint density at radius 1 is 1.22 bits per heavy atom. The lowest BCUT2D eigenvalue weighted by atomic mass is 9.51. The molecule has 4 aliphatic carbocycles. The van der Waals surface area contributed by atoms with Gasteiger partial charge in [0.15, 0.2) is 0 Å². The fourth-order valence-corrected chi connectivity index (χ4v) is 7.28. The van der Waals surface area contributed by atoms with Gasteiger partial charge in [-0.15, -0.1) is 0 Å². The first-order valence-electron chi connectivity index (χ1n) is 11.1. The predicted molar refractivity (Wildman–Crippen MR) is 107 cm³/mol. The second kappa shape index (κ2) is 6.76. The summed E-state index contributed by atoms with van der Waals surface area (Å²) in [4.78, 5) is 11.0. The highest BCUT2D eigenvalue weighted by Crippen LogP contribution is 2.64. The van der Waals surface area contributed by atoms with Gasteiger partial charge in [0, 0.05) is 6.42 Å². The summed E-state index contributed by atoms with van der Waals surface area (Å²) < 4.78 is 0. The number of carboxylic acids is 1. The van der Waals surface area contributed by atoms with E-state index in [-0.39, 0.29) is 11.5 Å². The zero-order valence-corrected chi connectivity index (χ0v) is 17.3. The van der Waals surface area contributed by atoms with Gasteiger partial charge in [-0.05, 0) is 97.5 Å². The van der Waals surface area contributed by atoms with E-state index in [9.17, 15) is 9.90 Å². The topological polar surface area (TPSA) is 57.5 Å². The summed E-state index contributed by atoms with van der Waals surface area (Å²) in [7, 11) is 0. The van der Waals surface area contributed by atoms with E-state index in [0.29, 0.717) is 29.6 Å². The minimum absolute atomic E-state index is 0.0933. The average Bonchev–Trinajstić information content (AvgIpc) is 2.97. The molecule has 2 N–H and O–H groups in total. The molecule has 0 unspecified atom stereocenters. The van der Waals surface area contributed by atoms with Crippen molar-refractivity contribution in [3.05, 3.63) is 22.8 Å². The Kier molecular flexibility index (Phi) is 4.81. The summed E-state index contributed by atoms with van der Waals surface area (Å²) in [6.07, 6.45) is 12.5. The summed E-state index contributed by atoms with van der Waals surface area (Å²) in [5.74, 6) is 1.02. The quantitative estimate of drug-likeness (QED) is 0.686. The van der Waals surface area contributed by atoms with Crippen molar-refractivity contribution >= 4 is 5.97 Å². The Balaban J connectivity index is 1.60. The third-order valence-corrected chi connectivity index (χ3v) is 8.98. The van der Waals surface area contributed by atoms with E-state index >= 15 is 0 Å². The lowest BCUT2D eigenvalue weighted by molar-refractivity contribution is -0.137. The van der Waals surface area contributed by atoms with Gasteiger partial charge in [0.25, 0.3) is 0 Å². The van der Waals surface area contributed by atoms with Crippen LogP contribution in [0.15, 0.2) is 22.8 Å². The van der Waals surface area contributed by atoms with Crippen LogP contribution in [0.3, 0.4) is 0 Å². The monoisotopic (exact) mass is 372 g/mol. The molecule has 0 spiro atoms. The van der Waals surface area contributed by atoms with E-state index in [2.05, 4.69) is 26.8 Å². The highest BCUT2D eigenvalue weighted by atomic mass is 16.4. The number of carbonyl (C=O) groups is 1. The van der Waals surface area contributed by atoms with Gasteiger partial charge in [-0.1, -0.05) is 32.4 Å². The molecule has 0 aromatic carbocycles. The normalized spacial score (nSPS) is 42.1. The summed E-state index contributed by atoms with van der Waals surface area (Å²) >= 11 is 0. The van der Waals surface area contributed by atoms with Gasteiger partial charge in [-0.2, -0.15) is 0 Å². The lowest BCUT2D eigenvalue weighted by Gasteiger charge is -2.53. The molecule has 4 rings (SSSR count). The van der Waals surface area contributed by atoms with Crippen molar-refractivity contribution in [1.29, 1.82) is 0 Å². The van der Waals surface area contributed by atoms with Crippen molar-refractivity contribution in [2.75, 3.05) is 0 Å². The Bertz CT molecular complexity index is 690. The molecule has 0 heterocycles. The van der Waals surface area contributed by atoms with Gasteiger partial charge >= 0.3 is 5.97 Å². The maximum atomic E-state index is 11.0. The molecule has 3 heteroatoms. The van der Waals surface area contributed by atoms with Crippen LogP contribution in [0.25, 0.3) is 0 Å². The van der Waals surface area contributed by atoms with E-state index in [0.717, 1.165) is 32.1 Å². The van der Waals surface area contributed by atoms with Gasteiger partial charge in [0.05, 0.1) is 6.10 Å². The predicted octanol–water partition coefficient (Wildman–Crippen LogP) is 5.49. The first-order chi connectivity index (χ1) is 12.8. The van der Waals surface area contributed by atoms with E-state index < -0.39 is 5.97 Å². The van der Waals surface area contributed by atoms with Gasteiger partial charge in [0.2, 0.25) is 0 Å². The number of hydrogen-bond donors (Lipinski definition) is 2. The Morgan fingerprint density at radius 3 is 2.74 bits per heavy atom. The van der Waals surface area contributed by atoms with Gasteiger partial charge in [-0.3, -0.25) is 4.79 Å². The fourth-order valence-electron chi connectivity index (χ4n) is 7.28. The molecule has 0 aliphatic heterocycles. The molecule has 6 atom stereocenters. The molecule has 27 heavy (non-hydrogen) atoms. The van der Waals surface area contributed by atoms with Crippen LogP contribution in [0.4, 0.5) is 0 Å². The number of hydrogen-bond acceptors (Lipinski definition) is 2. The molecule has 3 nitrogen and oxygen atoms in total. The maximum absolute atomic E-state index is 11.0. The number of carboxylic acid groups (broad SMARTS) is 1. The number of aliphatic hydroxyl groups excluding tert-OH is 1. The highest BCUT2D eigenvalue weighted by Gasteiger charge is 2.52. The van der Waals surface area contributed by atoms with Gasteiger partial charge < -0.3 is 10.2 Å². The van der Waals surface area contributed by atoms with Crippen LogP contribution in [-0.2, 0) is 4.79 Å². The van der Waals surface area contributed by atoms with Crippen LogP contribution < -0.4 is 0 Å². The van der Waals surface area contributed by atoms with E-state index in [1.807, 2.05) is 0 Å². The summed E-state index contributed by atoms with van der Waals surface area (Å²) in [6.45, 7) is 7.19. The molecule has 1 saturated carbocycles. The second-order valence-corrected chi connectivity index (χ2v) is 10.3. The average molecular weight is 373 g/mol. The van der Waals surface area contributed by atoms with Crippen LogP contribution in [0.1, 0.15) is 85.0 Å². The largest absolute Gasteiger partial charge is 0.481 e. The summed E-state index contributed by atoms with van der Waals surface area (Å²) in [5, 5.41) is 19.2. The third kappa shape index (κ3) is 3.01. The first kappa shape index (κ1) is 19.2. The van der Waals surface area contributed by atoms with Crippen molar-refractivity contribution in [2.45, 2.75) is 91.1 Å². The lowest BCUT2D eigenvalue weighted by Crippen LogP contribution is -2.44. The van der Waals surface area contributed by atoms with Crippen molar-refractivity contribution in [3.8, 4) is 0 Å². The minimum atomic E-state index is -0.669. The third-order valence-electron chi connectivity index (χ3n) is 8.98. The molecule has 0 bridgehead atoms. The van der Waals surface area contributed by atoms with E-state index in [1.165, 1.54) is 25.7 Å². The van der Waals surface area contributed by atoms with E-state index in [1.54, 1.807) is 16.7 Å². The number of rotatable bonds is 4. The standard InChI is InChI=1S/C24H36O3/c1-15(4-9-22(26)27)19-7-8-20-18-6-5-16-14-17(25)10-12-23(16,2)21(18)11-13-24(19,20)3/h8,15-17,19,25H,4-7,9-14H2,1-3H3,(H,26,27)/t15-,16-,17-,19-,23+,24-/m1/s1. The molecule has 0 aromatic rings. The maximum Gasteiger partial charge on any atom is 0.303 e. The Labute approximate surface area is 163 Å². The molecule has 1 fully saturated rings. The molecule has 0 saturated heterocycles.